The number of nitrogens with one attached hydrogen (secondary N) is 3. The molecule has 154 valence electrons. The first-order valence-corrected chi connectivity index (χ1v) is 8.81. The molecule has 0 aromatic rings. The number of rotatable bonds is 12. The van der Waals surface area contributed by atoms with Gasteiger partial charge in [-0.25, -0.2) is 4.79 Å². The summed E-state index contributed by atoms with van der Waals surface area (Å²) >= 11 is 3.79. The Morgan fingerprint density at radius 2 is 1.59 bits per heavy atom. The summed E-state index contributed by atoms with van der Waals surface area (Å²) in [7, 11) is 0. The molecule has 27 heavy (non-hydrogen) atoms. The summed E-state index contributed by atoms with van der Waals surface area (Å²) in [4.78, 5) is 57.5. The molecule has 0 fully saturated rings. The molecule has 0 aromatic heterocycles. The Morgan fingerprint density at radius 1 is 1.00 bits per heavy atom. The molecular formula is C15H26N4O7S. The fourth-order valence-electron chi connectivity index (χ4n) is 1.83. The molecule has 0 heterocycles. The van der Waals surface area contributed by atoms with Crippen molar-refractivity contribution in [2.24, 2.45) is 11.7 Å². The van der Waals surface area contributed by atoms with Crippen molar-refractivity contribution in [3.63, 3.8) is 0 Å². The summed E-state index contributed by atoms with van der Waals surface area (Å²) in [5, 5.41) is 24.4. The number of aliphatic carboxylic acids is 2. The number of carbonyl (C=O) groups is 5. The van der Waals surface area contributed by atoms with Gasteiger partial charge in [0.2, 0.25) is 17.7 Å². The van der Waals surface area contributed by atoms with Crippen molar-refractivity contribution in [2.45, 2.75) is 44.8 Å². The molecule has 3 atom stereocenters. The number of thiol groups is 1. The molecule has 0 aliphatic heterocycles. The highest BCUT2D eigenvalue weighted by atomic mass is 32.1. The predicted molar refractivity (Wildman–Crippen MR) is 98.0 cm³/mol. The van der Waals surface area contributed by atoms with Crippen LogP contribution in [-0.4, -0.2) is 70.3 Å². The minimum Gasteiger partial charge on any atom is -0.481 e. The molecule has 0 aromatic carbocycles. The maximum absolute atomic E-state index is 12.2. The highest BCUT2D eigenvalue weighted by molar-refractivity contribution is 7.80. The van der Waals surface area contributed by atoms with Crippen LogP contribution >= 0.6 is 12.6 Å². The number of carbonyl (C=O) groups excluding carboxylic acids is 3. The summed E-state index contributed by atoms with van der Waals surface area (Å²) < 4.78 is 0. The SMILES string of the molecule is CC(C)C(N)C(=O)NC(CCC(=O)O)C(=O)NCC(=O)NC(CS)C(=O)O. The molecule has 0 radical (unpaired) electrons. The molecule has 11 nitrogen and oxygen atoms in total. The summed E-state index contributed by atoms with van der Waals surface area (Å²) in [6.07, 6.45) is -0.587. The standard InChI is InChI=1S/C15H26N4O7S/c1-7(2)12(16)14(24)19-8(3-4-11(21)22)13(23)17-5-10(20)18-9(6-27)15(25)26/h7-9,12,27H,3-6,16H2,1-2H3,(H,17,23)(H,18,20)(H,19,24)(H,21,22)(H,25,26). The second kappa shape index (κ2) is 12.1. The Kier molecular flexibility index (Phi) is 11.1. The van der Waals surface area contributed by atoms with Gasteiger partial charge < -0.3 is 31.9 Å². The maximum Gasteiger partial charge on any atom is 0.327 e. The number of carboxylic acid groups (broad SMARTS) is 2. The van der Waals surface area contributed by atoms with Crippen molar-refractivity contribution < 1.29 is 34.2 Å². The van der Waals surface area contributed by atoms with E-state index in [9.17, 15) is 24.0 Å². The largest absolute Gasteiger partial charge is 0.481 e. The lowest BCUT2D eigenvalue weighted by atomic mass is 10.0. The summed E-state index contributed by atoms with van der Waals surface area (Å²) in [6, 6.07) is -3.31. The van der Waals surface area contributed by atoms with Crippen LogP contribution in [0.2, 0.25) is 0 Å². The molecule has 3 amide bonds. The minimum atomic E-state index is -1.28. The van der Waals surface area contributed by atoms with Crippen LogP contribution in [0.4, 0.5) is 0 Å². The summed E-state index contributed by atoms with van der Waals surface area (Å²) in [5.41, 5.74) is 5.70. The lowest BCUT2D eigenvalue weighted by Gasteiger charge is -2.22. The molecule has 0 spiro atoms. The zero-order valence-electron chi connectivity index (χ0n) is 15.1. The third-order valence-corrected chi connectivity index (χ3v) is 3.91. The minimum absolute atomic E-state index is 0.139. The lowest BCUT2D eigenvalue weighted by Crippen LogP contribution is -2.54. The maximum atomic E-state index is 12.2. The summed E-state index contributed by atoms with van der Waals surface area (Å²) in [5.74, 6) is -4.96. The molecule has 0 rings (SSSR count). The molecule has 0 aliphatic carbocycles. The van der Waals surface area contributed by atoms with Gasteiger partial charge in [0, 0.05) is 12.2 Å². The van der Waals surface area contributed by atoms with Gasteiger partial charge in [-0.2, -0.15) is 12.6 Å². The van der Waals surface area contributed by atoms with Crippen LogP contribution in [0.25, 0.3) is 0 Å². The number of amides is 3. The van der Waals surface area contributed by atoms with Gasteiger partial charge >= 0.3 is 11.9 Å². The van der Waals surface area contributed by atoms with E-state index in [0.29, 0.717) is 0 Å². The molecule has 0 saturated heterocycles. The van der Waals surface area contributed by atoms with Gasteiger partial charge in [0.25, 0.3) is 0 Å². The number of hydrogen-bond acceptors (Lipinski definition) is 7. The topological polar surface area (TPSA) is 188 Å². The fourth-order valence-corrected chi connectivity index (χ4v) is 2.08. The third-order valence-electron chi connectivity index (χ3n) is 3.54. The fraction of sp³-hybridized carbons (Fsp3) is 0.667. The number of nitrogens with two attached hydrogens (primary N) is 1. The molecule has 0 aliphatic rings. The average Bonchev–Trinajstić information content (AvgIpc) is 2.59. The monoisotopic (exact) mass is 406 g/mol. The Labute approximate surface area is 161 Å². The van der Waals surface area contributed by atoms with Crippen molar-refractivity contribution in [1.82, 2.24) is 16.0 Å². The molecule has 0 saturated carbocycles. The average molecular weight is 406 g/mol. The van der Waals surface area contributed by atoms with E-state index in [1.165, 1.54) is 0 Å². The molecule has 3 unspecified atom stereocenters. The highest BCUT2D eigenvalue weighted by Gasteiger charge is 2.26. The van der Waals surface area contributed by atoms with Gasteiger partial charge in [0.15, 0.2) is 0 Å². The van der Waals surface area contributed by atoms with E-state index >= 15 is 0 Å². The van der Waals surface area contributed by atoms with Crippen LogP contribution in [0, 0.1) is 5.92 Å². The van der Waals surface area contributed by atoms with Gasteiger partial charge in [-0.3, -0.25) is 19.2 Å². The van der Waals surface area contributed by atoms with Gasteiger partial charge in [0.05, 0.1) is 12.6 Å². The highest BCUT2D eigenvalue weighted by Crippen LogP contribution is 2.03. The second-order valence-electron chi connectivity index (χ2n) is 6.12. The van der Waals surface area contributed by atoms with Crippen LogP contribution in [0.5, 0.6) is 0 Å². The Morgan fingerprint density at radius 3 is 2.04 bits per heavy atom. The first-order valence-electron chi connectivity index (χ1n) is 8.18. The van der Waals surface area contributed by atoms with E-state index in [1.807, 2.05) is 0 Å². The smallest absolute Gasteiger partial charge is 0.327 e. The van der Waals surface area contributed by atoms with Gasteiger partial charge in [-0.1, -0.05) is 13.8 Å². The normalized spacial score (nSPS) is 14.0. The van der Waals surface area contributed by atoms with Crippen LogP contribution in [-0.2, 0) is 24.0 Å². The Bertz CT molecular complexity index is 570. The van der Waals surface area contributed by atoms with Crippen molar-refractivity contribution in [3.05, 3.63) is 0 Å². The van der Waals surface area contributed by atoms with Crippen molar-refractivity contribution >= 4 is 42.3 Å². The first-order chi connectivity index (χ1) is 12.5. The predicted octanol–water partition coefficient (Wildman–Crippen LogP) is -2.07. The van der Waals surface area contributed by atoms with Crippen molar-refractivity contribution in [2.75, 3.05) is 12.3 Å². The van der Waals surface area contributed by atoms with E-state index in [2.05, 4.69) is 28.6 Å². The molecule has 0 bridgehead atoms. The van der Waals surface area contributed by atoms with E-state index < -0.39 is 54.3 Å². The van der Waals surface area contributed by atoms with E-state index in [0.717, 1.165) is 0 Å². The lowest BCUT2D eigenvalue weighted by molar-refractivity contribution is -0.141. The molecular weight excluding hydrogens is 380 g/mol. The van der Waals surface area contributed by atoms with Crippen LogP contribution in [0.3, 0.4) is 0 Å². The van der Waals surface area contributed by atoms with Crippen LogP contribution in [0.1, 0.15) is 26.7 Å². The quantitative estimate of drug-likeness (QED) is 0.180. The zero-order chi connectivity index (χ0) is 21.1. The third kappa shape index (κ3) is 9.80. The van der Waals surface area contributed by atoms with E-state index in [1.54, 1.807) is 13.8 Å². The van der Waals surface area contributed by atoms with Gasteiger partial charge in [-0.05, 0) is 12.3 Å². The molecule has 7 N–H and O–H groups in total. The Hall–Kier alpha value is -2.34. The van der Waals surface area contributed by atoms with Gasteiger partial charge in [0.1, 0.15) is 12.1 Å². The Balaban J connectivity index is 4.83. The van der Waals surface area contributed by atoms with E-state index in [-0.39, 0.29) is 24.5 Å². The zero-order valence-corrected chi connectivity index (χ0v) is 16.0. The first kappa shape index (κ1) is 24.7. The molecule has 12 heteroatoms. The van der Waals surface area contributed by atoms with E-state index in [4.69, 9.17) is 15.9 Å². The van der Waals surface area contributed by atoms with Crippen molar-refractivity contribution in [1.29, 1.82) is 0 Å². The second-order valence-corrected chi connectivity index (χ2v) is 6.49. The van der Waals surface area contributed by atoms with Crippen molar-refractivity contribution in [3.8, 4) is 0 Å². The number of carboxylic acids is 2. The van der Waals surface area contributed by atoms with Crippen LogP contribution in [0.15, 0.2) is 0 Å². The summed E-state index contributed by atoms with van der Waals surface area (Å²) in [6.45, 7) is 2.87. The van der Waals surface area contributed by atoms with Crippen LogP contribution < -0.4 is 21.7 Å². The van der Waals surface area contributed by atoms with Gasteiger partial charge in [-0.15, -0.1) is 0 Å². The number of hydrogen-bond donors (Lipinski definition) is 7.